The van der Waals surface area contributed by atoms with Crippen LogP contribution in [0.5, 0.6) is 0 Å². The molecule has 4 rings (SSSR count). The van der Waals surface area contributed by atoms with Crippen molar-refractivity contribution in [2.24, 2.45) is 10.8 Å². The molecule has 0 aliphatic carbocycles. The molecule has 0 saturated heterocycles. The molecule has 6 heteroatoms. The van der Waals surface area contributed by atoms with Gasteiger partial charge in [0, 0.05) is 37.0 Å². The van der Waals surface area contributed by atoms with E-state index < -0.39 is 13.3 Å². The molecule has 0 atom stereocenters. The largest absolute Gasteiger partial charge is 0 e. The first-order chi connectivity index (χ1) is 19.4. The van der Waals surface area contributed by atoms with Gasteiger partial charge in [-0.25, -0.2) is 0 Å². The van der Waals surface area contributed by atoms with Crippen LogP contribution in [-0.4, -0.2) is 34.1 Å². The molecule has 4 nitrogen and oxygen atoms in total. The van der Waals surface area contributed by atoms with Gasteiger partial charge in [-0.05, 0) is 12.8 Å². The standard InChI is InChI=1S/C24H25GeN2.C13H24O2.Ir/c1-15-12-16(2)14-19(13-15)23-20-11-10-18-8-7-9-21(25(4,5)6)22(18)24(20)27-17(3)26-23;1-7-12(3,4)10(14)9-11(15)13(5,6)8-2;/h7-13H,1-6H3;9,14H,7-8H2,1-6H3;/q-1;;/b;10-9-;. The number of hydrogen-bond acceptors (Lipinski definition) is 4. The first-order valence-corrected chi connectivity index (χ1v) is 22.4. The van der Waals surface area contributed by atoms with Crippen LogP contribution >= 0.6 is 0 Å². The van der Waals surface area contributed by atoms with Crippen LogP contribution in [-0.2, 0) is 24.9 Å². The zero-order chi connectivity index (χ0) is 31.6. The van der Waals surface area contributed by atoms with E-state index in [1.165, 1.54) is 26.8 Å². The summed E-state index contributed by atoms with van der Waals surface area (Å²) in [5.74, 6) is 8.34. The van der Waals surface area contributed by atoms with Crippen LogP contribution < -0.4 is 4.40 Å². The van der Waals surface area contributed by atoms with E-state index in [0.717, 1.165) is 46.4 Å². The number of benzene rings is 3. The molecular weight excluding hydrogens is 769 g/mol. The SMILES string of the molecule is CCC(C)(C)C(=O)/C=C(\O)C(C)(C)CC.Cc1[c-]c(-c2nc(C)nc3c2ccc2ccc[c]([Ge]([CH3])([CH3])[CH3])c23)cc(C)c1.[Ir]. The van der Waals surface area contributed by atoms with Gasteiger partial charge in [0.2, 0.25) is 0 Å². The van der Waals surface area contributed by atoms with E-state index in [-0.39, 0.29) is 42.5 Å². The van der Waals surface area contributed by atoms with E-state index in [2.05, 4.69) is 79.6 Å². The number of allylic oxidation sites excluding steroid dienone is 2. The van der Waals surface area contributed by atoms with Crippen molar-refractivity contribution in [3.05, 3.63) is 77.3 Å². The number of aryl methyl sites for hydroxylation is 3. The van der Waals surface area contributed by atoms with Crippen molar-refractivity contribution in [1.29, 1.82) is 0 Å². The molecule has 0 fully saturated rings. The molecule has 0 bridgehead atoms. The van der Waals surface area contributed by atoms with Crippen molar-refractivity contribution in [2.75, 3.05) is 0 Å². The number of nitrogens with zero attached hydrogens (tertiary/aromatic N) is 2. The summed E-state index contributed by atoms with van der Waals surface area (Å²) in [6.45, 7) is 17.9. The monoisotopic (exact) mass is 820 g/mol. The second kappa shape index (κ2) is 14.2. The molecule has 1 N–H and O–H groups in total. The van der Waals surface area contributed by atoms with Crippen LogP contribution in [0.2, 0.25) is 17.3 Å². The molecule has 1 radical (unpaired) electrons. The van der Waals surface area contributed by atoms with E-state index in [1.54, 1.807) is 0 Å². The van der Waals surface area contributed by atoms with E-state index in [9.17, 15) is 9.90 Å². The van der Waals surface area contributed by atoms with Gasteiger partial charge in [-0.3, -0.25) is 4.79 Å². The Kier molecular flexibility index (Phi) is 12.2. The molecule has 0 aliphatic rings. The first-order valence-electron chi connectivity index (χ1n) is 15.1. The Bertz CT molecular complexity index is 1630. The predicted molar refractivity (Wildman–Crippen MR) is 182 cm³/mol. The molecule has 0 aliphatic heterocycles. The quantitative estimate of drug-likeness (QED) is 0.0664. The first kappa shape index (κ1) is 36.9. The second-order valence-electron chi connectivity index (χ2n) is 13.9. The van der Waals surface area contributed by atoms with Crippen LogP contribution in [0.1, 0.15) is 71.3 Å². The number of aliphatic hydroxyl groups is 1. The molecule has 1 aromatic heterocycles. The fraction of sp³-hybridized carbons (Fsp3) is 0.432. The number of ketones is 1. The van der Waals surface area contributed by atoms with Gasteiger partial charge in [-0.1, -0.05) is 41.5 Å². The molecule has 0 unspecified atom stereocenters. The fourth-order valence-electron chi connectivity index (χ4n) is 4.80. The molecule has 233 valence electrons. The van der Waals surface area contributed by atoms with Crippen LogP contribution in [0.3, 0.4) is 0 Å². The summed E-state index contributed by atoms with van der Waals surface area (Å²) >= 11 is -2.06. The number of carbonyl (C=O) groups excluding carboxylic acids is 1. The van der Waals surface area contributed by atoms with E-state index in [1.807, 2.05) is 48.5 Å². The number of hydrogen-bond donors (Lipinski definition) is 1. The van der Waals surface area contributed by atoms with Gasteiger partial charge in [0.15, 0.2) is 5.78 Å². The second-order valence-corrected chi connectivity index (χ2v) is 24.4. The Balaban J connectivity index is 0.000000348. The predicted octanol–water partition coefficient (Wildman–Crippen LogP) is 9.59. The Morgan fingerprint density at radius 2 is 1.56 bits per heavy atom. The molecule has 4 aromatic rings. The number of aliphatic hydroxyl groups excluding tert-OH is 1. The third kappa shape index (κ3) is 8.65. The molecule has 0 amide bonds. The zero-order valence-corrected chi connectivity index (χ0v) is 32.6. The minimum absolute atomic E-state index is 0. The van der Waals surface area contributed by atoms with Gasteiger partial charge in [-0.15, -0.1) is 0 Å². The van der Waals surface area contributed by atoms with Gasteiger partial charge in [-0.2, -0.15) is 0 Å². The summed E-state index contributed by atoms with van der Waals surface area (Å²) in [7, 11) is 0. The minimum Gasteiger partial charge on any atom is 0 e. The van der Waals surface area contributed by atoms with Gasteiger partial charge in [0.1, 0.15) is 5.76 Å². The molecule has 3 aromatic carbocycles. The summed E-state index contributed by atoms with van der Waals surface area (Å²) in [5.41, 5.74) is 4.81. The Labute approximate surface area is 275 Å². The minimum atomic E-state index is -2.06. The smallest absolute Gasteiger partial charge is 0 e. The number of fused-ring (bicyclic) bond motifs is 3. The van der Waals surface area contributed by atoms with Gasteiger partial charge < -0.3 is 5.11 Å². The average Bonchev–Trinajstić information content (AvgIpc) is 2.91. The maximum Gasteiger partial charge on any atom is 0 e. The fourth-order valence-corrected chi connectivity index (χ4v) is 8.18. The van der Waals surface area contributed by atoms with Gasteiger partial charge >= 0.3 is 164 Å². The normalized spacial score (nSPS) is 12.5. The third-order valence-corrected chi connectivity index (χ3v) is 12.7. The third-order valence-electron chi connectivity index (χ3n) is 8.43. The topological polar surface area (TPSA) is 63.1 Å². The zero-order valence-electron chi connectivity index (χ0n) is 28.1. The Hall–Kier alpha value is -2.34. The molecular formula is C37H49GeIrN2O2-. The average molecular weight is 819 g/mol. The van der Waals surface area contributed by atoms with Crippen LogP contribution in [0.4, 0.5) is 0 Å². The summed E-state index contributed by atoms with van der Waals surface area (Å²) in [6.07, 6.45) is 2.99. The van der Waals surface area contributed by atoms with Crippen LogP contribution in [0.15, 0.2) is 54.3 Å². The molecule has 0 saturated carbocycles. The van der Waals surface area contributed by atoms with Gasteiger partial charge in [0.05, 0.1) is 0 Å². The van der Waals surface area contributed by atoms with E-state index in [4.69, 9.17) is 9.97 Å². The van der Waals surface area contributed by atoms with Crippen LogP contribution in [0, 0.1) is 37.7 Å². The van der Waals surface area contributed by atoms with Crippen molar-refractivity contribution in [3.63, 3.8) is 0 Å². The summed E-state index contributed by atoms with van der Waals surface area (Å²) in [4.78, 5) is 21.6. The summed E-state index contributed by atoms with van der Waals surface area (Å²) < 4.78 is 1.51. The van der Waals surface area contributed by atoms with Gasteiger partial charge in [0.25, 0.3) is 0 Å². The Morgan fingerprint density at radius 3 is 2.12 bits per heavy atom. The summed E-state index contributed by atoms with van der Waals surface area (Å²) in [6, 6.07) is 18.9. The van der Waals surface area contributed by atoms with Crippen molar-refractivity contribution in [3.8, 4) is 11.3 Å². The van der Waals surface area contributed by atoms with Crippen molar-refractivity contribution >= 4 is 45.1 Å². The van der Waals surface area contributed by atoms with Crippen molar-refractivity contribution in [2.45, 2.75) is 92.4 Å². The van der Waals surface area contributed by atoms with Crippen molar-refractivity contribution < 1.29 is 30.0 Å². The van der Waals surface area contributed by atoms with E-state index in [0.29, 0.717) is 0 Å². The molecule has 1 heterocycles. The number of aromatic nitrogens is 2. The molecule has 43 heavy (non-hydrogen) atoms. The maximum absolute atomic E-state index is 11.8. The molecule has 0 spiro atoms. The van der Waals surface area contributed by atoms with Crippen molar-refractivity contribution in [1.82, 2.24) is 9.97 Å². The van der Waals surface area contributed by atoms with E-state index >= 15 is 0 Å². The van der Waals surface area contributed by atoms with Crippen LogP contribution in [0.25, 0.3) is 32.9 Å². The number of carbonyl (C=O) groups is 1. The Morgan fingerprint density at radius 1 is 0.930 bits per heavy atom. The number of rotatable bonds is 7. The summed E-state index contributed by atoms with van der Waals surface area (Å²) in [5, 5.41) is 13.6. The maximum atomic E-state index is 11.8.